The van der Waals surface area contributed by atoms with E-state index in [1.807, 2.05) is 22.6 Å². The lowest BCUT2D eigenvalue weighted by atomic mass is 10.4. The predicted octanol–water partition coefficient (Wildman–Crippen LogP) is 1.16. The molecule has 3 nitrogen and oxygen atoms in total. The van der Waals surface area contributed by atoms with Crippen molar-refractivity contribution in [3.63, 3.8) is 0 Å². The standard InChI is InChI=1S/C6H5IO3S.Al/c7-5-2-1-3-6(4-5)11(8,9)10;/h1-4H,(H,8,9,10);. The van der Waals surface area contributed by atoms with E-state index in [1.165, 1.54) is 12.1 Å². The van der Waals surface area contributed by atoms with Crippen LogP contribution in [0, 0.1) is 3.57 Å². The normalized spacial score (nSPS) is 10.5. The highest BCUT2D eigenvalue weighted by Gasteiger charge is 2.07. The van der Waals surface area contributed by atoms with Crippen LogP contribution >= 0.6 is 22.6 Å². The molecule has 1 aromatic carbocycles. The molecule has 0 spiro atoms. The van der Waals surface area contributed by atoms with Crippen molar-refractivity contribution in [1.29, 1.82) is 0 Å². The minimum absolute atomic E-state index is 0. The van der Waals surface area contributed by atoms with Gasteiger partial charge in [0.15, 0.2) is 0 Å². The first-order valence-corrected chi connectivity index (χ1v) is 5.25. The maximum atomic E-state index is 10.5. The van der Waals surface area contributed by atoms with Gasteiger partial charge in [-0.2, -0.15) is 8.42 Å². The SMILES string of the molecule is O=S(=O)(O)c1cccc(I)c1.[Al]. The zero-order valence-corrected chi connectivity index (χ0v) is 10.1. The summed E-state index contributed by atoms with van der Waals surface area (Å²) in [6.07, 6.45) is 0. The first-order valence-electron chi connectivity index (χ1n) is 2.73. The summed E-state index contributed by atoms with van der Waals surface area (Å²) in [5.41, 5.74) is 0. The van der Waals surface area contributed by atoms with Crippen LogP contribution in [-0.4, -0.2) is 30.3 Å². The van der Waals surface area contributed by atoms with E-state index < -0.39 is 10.1 Å². The minimum atomic E-state index is -4.03. The van der Waals surface area contributed by atoms with Crippen LogP contribution < -0.4 is 0 Å². The molecule has 0 atom stereocenters. The van der Waals surface area contributed by atoms with Crippen LogP contribution in [0.25, 0.3) is 0 Å². The summed E-state index contributed by atoms with van der Waals surface area (Å²) in [7, 11) is -4.03. The zero-order chi connectivity index (χ0) is 8.48. The fourth-order valence-corrected chi connectivity index (χ4v) is 1.91. The highest BCUT2D eigenvalue weighted by molar-refractivity contribution is 14.1. The smallest absolute Gasteiger partial charge is 0.282 e. The molecule has 0 amide bonds. The zero-order valence-electron chi connectivity index (χ0n) is 5.94. The third kappa shape index (κ3) is 3.41. The van der Waals surface area contributed by atoms with Crippen molar-refractivity contribution in [2.45, 2.75) is 4.90 Å². The monoisotopic (exact) mass is 311 g/mol. The average molecular weight is 311 g/mol. The maximum Gasteiger partial charge on any atom is 0.294 e. The van der Waals surface area contributed by atoms with Gasteiger partial charge in [-0.05, 0) is 40.8 Å². The number of hydrogen-bond acceptors (Lipinski definition) is 2. The largest absolute Gasteiger partial charge is 0.294 e. The first-order chi connectivity index (χ1) is 5.00. The Bertz CT molecular complexity index is 363. The quantitative estimate of drug-likeness (QED) is 0.481. The van der Waals surface area contributed by atoms with E-state index in [-0.39, 0.29) is 22.3 Å². The third-order valence-corrected chi connectivity index (χ3v) is 2.61. The molecule has 1 N–H and O–H groups in total. The van der Waals surface area contributed by atoms with Gasteiger partial charge in [0.25, 0.3) is 10.1 Å². The van der Waals surface area contributed by atoms with Gasteiger partial charge < -0.3 is 0 Å². The van der Waals surface area contributed by atoms with E-state index in [9.17, 15) is 8.42 Å². The highest BCUT2D eigenvalue weighted by Crippen LogP contribution is 2.11. The Labute approximate surface area is 95.2 Å². The second-order valence-corrected chi connectivity index (χ2v) is 4.60. The van der Waals surface area contributed by atoms with Gasteiger partial charge >= 0.3 is 0 Å². The van der Waals surface area contributed by atoms with Gasteiger partial charge in [0.1, 0.15) is 0 Å². The Hall–Kier alpha value is 0.392. The molecule has 1 rings (SSSR count). The lowest BCUT2D eigenvalue weighted by Crippen LogP contribution is -1.97. The number of halogens is 1. The van der Waals surface area contributed by atoms with Crippen molar-refractivity contribution < 1.29 is 13.0 Å². The van der Waals surface area contributed by atoms with Crippen LogP contribution in [0.1, 0.15) is 0 Å². The Balaban J connectivity index is 0.00000121. The molecule has 12 heavy (non-hydrogen) atoms. The van der Waals surface area contributed by atoms with Crippen LogP contribution in [0.5, 0.6) is 0 Å². The molecule has 3 radical (unpaired) electrons. The predicted molar refractivity (Wildman–Crippen MR) is 54.7 cm³/mol. The summed E-state index contributed by atoms with van der Waals surface area (Å²) in [5.74, 6) is 0. The van der Waals surface area contributed by atoms with Gasteiger partial charge in [0.05, 0.1) is 4.90 Å². The molecule has 0 fully saturated rings. The minimum Gasteiger partial charge on any atom is -0.282 e. The molecule has 0 aliphatic rings. The summed E-state index contributed by atoms with van der Waals surface area (Å²) in [6, 6.07) is 6.06. The second kappa shape index (κ2) is 4.58. The first kappa shape index (κ1) is 12.4. The van der Waals surface area contributed by atoms with E-state index in [0.717, 1.165) is 3.57 Å². The molecule has 6 heteroatoms. The summed E-state index contributed by atoms with van der Waals surface area (Å²) in [4.78, 5) is -0.0654. The van der Waals surface area contributed by atoms with Crippen LogP contribution in [0.15, 0.2) is 29.2 Å². The molecule has 0 aromatic heterocycles. The van der Waals surface area contributed by atoms with E-state index >= 15 is 0 Å². The van der Waals surface area contributed by atoms with Crippen molar-refractivity contribution in [3.05, 3.63) is 27.8 Å². The molecular formula is C6H5AlIO3S. The molecule has 63 valence electrons. The third-order valence-electron chi connectivity index (χ3n) is 1.09. The Morgan fingerprint density at radius 1 is 1.33 bits per heavy atom. The van der Waals surface area contributed by atoms with E-state index in [1.54, 1.807) is 12.1 Å². The molecule has 0 saturated carbocycles. The van der Waals surface area contributed by atoms with Gasteiger partial charge in [-0.1, -0.05) is 6.07 Å². The van der Waals surface area contributed by atoms with Crippen molar-refractivity contribution in [3.8, 4) is 0 Å². The second-order valence-electron chi connectivity index (χ2n) is 1.93. The number of benzene rings is 1. The van der Waals surface area contributed by atoms with Gasteiger partial charge in [0.2, 0.25) is 0 Å². The van der Waals surface area contributed by atoms with Crippen LogP contribution in [0.2, 0.25) is 0 Å². The van der Waals surface area contributed by atoms with Crippen molar-refractivity contribution >= 4 is 50.1 Å². The number of hydrogen-bond donors (Lipinski definition) is 1. The molecule has 0 bridgehead atoms. The molecule has 0 aliphatic heterocycles. The van der Waals surface area contributed by atoms with Gasteiger partial charge in [-0.25, -0.2) is 0 Å². The molecule has 1 aromatic rings. The van der Waals surface area contributed by atoms with E-state index in [0.29, 0.717) is 0 Å². The van der Waals surface area contributed by atoms with Crippen molar-refractivity contribution in [1.82, 2.24) is 0 Å². The summed E-state index contributed by atoms with van der Waals surface area (Å²) < 4.78 is 30.4. The Morgan fingerprint density at radius 3 is 2.25 bits per heavy atom. The summed E-state index contributed by atoms with van der Waals surface area (Å²) in [6.45, 7) is 0. The van der Waals surface area contributed by atoms with Gasteiger partial charge in [-0.15, -0.1) is 0 Å². The van der Waals surface area contributed by atoms with E-state index in [4.69, 9.17) is 4.55 Å². The summed E-state index contributed by atoms with van der Waals surface area (Å²) >= 11 is 1.97. The molecule has 0 unspecified atom stereocenters. The average Bonchev–Trinajstić information content (AvgIpc) is 1.86. The van der Waals surface area contributed by atoms with Crippen LogP contribution in [0.3, 0.4) is 0 Å². The number of rotatable bonds is 1. The van der Waals surface area contributed by atoms with E-state index in [2.05, 4.69) is 0 Å². The van der Waals surface area contributed by atoms with Crippen LogP contribution in [0.4, 0.5) is 0 Å². The lowest BCUT2D eigenvalue weighted by molar-refractivity contribution is 0.483. The molecular weight excluding hydrogens is 306 g/mol. The Kier molecular flexibility index (Phi) is 4.73. The topological polar surface area (TPSA) is 54.4 Å². The lowest BCUT2D eigenvalue weighted by Gasteiger charge is -1.95. The molecule has 0 heterocycles. The van der Waals surface area contributed by atoms with Crippen molar-refractivity contribution in [2.75, 3.05) is 0 Å². The van der Waals surface area contributed by atoms with Crippen molar-refractivity contribution in [2.24, 2.45) is 0 Å². The fourth-order valence-electron chi connectivity index (χ4n) is 0.627. The van der Waals surface area contributed by atoms with Gasteiger partial charge in [0, 0.05) is 20.9 Å². The van der Waals surface area contributed by atoms with Gasteiger partial charge in [-0.3, -0.25) is 4.55 Å². The molecule has 0 saturated heterocycles. The Morgan fingerprint density at radius 2 is 1.92 bits per heavy atom. The van der Waals surface area contributed by atoms with Crippen LogP contribution in [-0.2, 0) is 10.1 Å². The highest BCUT2D eigenvalue weighted by atomic mass is 127. The summed E-state index contributed by atoms with van der Waals surface area (Å²) in [5, 5.41) is 0. The fraction of sp³-hybridized carbons (Fsp3) is 0. The maximum absolute atomic E-state index is 10.5. The molecule has 0 aliphatic carbocycles.